The van der Waals surface area contributed by atoms with Crippen LogP contribution in [0, 0.1) is 6.92 Å². The average molecular weight is 474 g/mol. The summed E-state index contributed by atoms with van der Waals surface area (Å²) in [5.41, 5.74) is 9.13. The average Bonchev–Trinajstić information content (AvgIpc) is 3.27. The molecule has 3 N–H and O–H groups in total. The van der Waals surface area contributed by atoms with Crippen LogP contribution in [0.4, 0.5) is 5.69 Å². The highest BCUT2D eigenvalue weighted by Crippen LogP contribution is 2.29. The van der Waals surface area contributed by atoms with Crippen LogP contribution >= 0.6 is 11.8 Å². The first-order valence-corrected chi connectivity index (χ1v) is 11.4. The van der Waals surface area contributed by atoms with Crippen molar-refractivity contribution in [3.63, 3.8) is 0 Å². The zero-order valence-corrected chi connectivity index (χ0v) is 19.5. The number of nitrogens with two attached hydrogens (primary N) is 1. The van der Waals surface area contributed by atoms with Crippen LogP contribution in [0.25, 0.3) is 17.1 Å². The number of carbonyl (C=O) groups excluding carboxylic acids is 2. The second kappa shape index (κ2) is 10.2. The van der Waals surface area contributed by atoms with E-state index in [-0.39, 0.29) is 11.7 Å². The molecular formula is C25H23N5O3S. The predicted molar refractivity (Wildman–Crippen MR) is 132 cm³/mol. The molecule has 0 bridgehead atoms. The number of aryl methyl sites for hydroxylation is 1. The maximum atomic E-state index is 12.6. The molecule has 0 radical (unpaired) electrons. The van der Waals surface area contributed by atoms with Crippen LogP contribution in [-0.2, 0) is 4.79 Å². The molecule has 1 heterocycles. The molecule has 0 saturated heterocycles. The number of nitrogens with zero attached hydrogens (tertiary/aromatic N) is 3. The third kappa shape index (κ3) is 5.26. The van der Waals surface area contributed by atoms with Gasteiger partial charge in [-0.3, -0.25) is 14.2 Å². The van der Waals surface area contributed by atoms with E-state index in [1.54, 1.807) is 31.4 Å². The van der Waals surface area contributed by atoms with Gasteiger partial charge in [0.05, 0.1) is 12.9 Å². The van der Waals surface area contributed by atoms with Gasteiger partial charge in [-0.05, 0) is 55.5 Å². The van der Waals surface area contributed by atoms with E-state index in [0.717, 1.165) is 22.6 Å². The summed E-state index contributed by atoms with van der Waals surface area (Å²) in [7, 11) is 1.62. The van der Waals surface area contributed by atoms with Crippen LogP contribution in [0.3, 0.4) is 0 Å². The summed E-state index contributed by atoms with van der Waals surface area (Å²) in [4.78, 5) is 23.8. The van der Waals surface area contributed by atoms with Crippen molar-refractivity contribution in [1.82, 2.24) is 14.8 Å². The Morgan fingerprint density at radius 3 is 2.26 bits per heavy atom. The van der Waals surface area contributed by atoms with Gasteiger partial charge in [0.15, 0.2) is 11.0 Å². The molecule has 9 heteroatoms. The molecule has 1 aromatic heterocycles. The lowest BCUT2D eigenvalue weighted by atomic mass is 10.1. The van der Waals surface area contributed by atoms with Gasteiger partial charge in [-0.25, -0.2) is 0 Å². The van der Waals surface area contributed by atoms with Gasteiger partial charge in [0, 0.05) is 22.5 Å². The summed E-state index contributed by atoms with van der Waals surface area (Å²) < 4.78 is 7.20. The van der Waals surface area contributed by atoms with Crippen LogP contribution in [0.2, 0.25) is 0 Å². The molecule has 4 rings (SSSR count). The van der Waals surface area contributed by atoms with Crippen molar-refractivity contribution in [3.8, 4) is 22.8 Å². The summed E-state index contributed by atoms with van der Waals surface area (Å²) in [5.74, 6) is 0.813. The van der Waals surface area contributed by atoms with E-state index >= 15 is 0 Å². The first-order chi connectivity index (χ1) is 16.4. The molecule has 0 spiro atoms. The van der Waals surface area contributed by atoms with Crippen LogP contribution in [0.5, 0.6) is 5.75 Å². The van der Waals surface area contributed by atoms with E-state index in [9.17, 15) is 9.59 Å². The second-order valence-corrected chi connectivity index (χ2v) is 8.43. The molecular weight excluding hydrogens is 450 g/mol. The fraction of sp³-hybridized carbons (Fsp3) is 0.120. The van der Waals surface area contributed by atoms with Crippen molar-refractivity contribution in [2.24, 2.45) is 5.73 Å². The van der Waals surface area contributed by atoms with E-state index < -0.39 is 5.91 Å². The Balaban J connectivity index is 1.56. The Morgan fingerprint density at radius 1 is 0.971 bits per heavy atom. The van der Waals surface area contributed by atoms with Gasteiger partial charge in [0.1, 0.15) is 5.75 Å². The van der Waals surface area contributed by atoms with Gasteiger partial charge in [0.25, 0.3) is 0 Å². The number of rotatable bonds is 8. The van der Waals surface area contributed by atoms with E-state index in [1.807, 2.05) is 60.0 Å². The van der Waals surface area contributed by atoms with Gasteiger partial charge in [0.2, 0.25) is 11.8 Å². The number of hydrogen-bond donors (Lipinski definition) is 2. The minimum Gasteiger partial charge on any atom is -0.497 e. The van der Waals surface area contributed by atoms with Crippen molar-refractivity contribution >= 4 is 29.3 Å². The van der Waals surface area contributed by atoms with Gasteiger partial charge < -0.3 is 15.8 Å². The number of amides is 2. The number of ether oxygens (including phenoxy) is 1. The normalized spacial score (nSPS) is 10.6. The summed E-state index contributed by atoms with van der Waals surface area (Å²) in [6.07, 6.45) is 0. The molecule has 0 unspecified atom stereocenters. The quantitative estimate of drug-likeness (QED) is 0.373. The van der Waals surface area contributed by atoms with Gasteiger partial charge in [-0.15, -0.1) is 10.2 Å². The number of anilines is 1. The van der Waals surface area contributed by atoms with Crippen LogP contribution in [0.15, 0.2) is 78.0 Å². The number of carbonyl (C=O) groups is 2. The Bertz CT molecular complexity index is 1300. The zero-order valence-electron chi connectivity index (χ0n) is 18.7. The lowest BCUT2D eigenvalue weighted by Gasteiger charge is -2.11. The number of thioether (sulfide) groups is 1. The third-order valence-corrected chi connectivity index (χ3v) is 5.99. The van der Waals surface area contributed by atoms with Crippen LogP contribution < -0.4 is 15.8 Å². The lowest BCUT2D eigenvalue weighted by molar-refractivity contribution is -0.113. The maximum Gasteiger partial charge on any atom is 0.248 e. The minimum atomic E-state index is -0.518. The number of methoxy groups -OCH3 is 1. The largest absolute Gasteiger partial charge is 0.497 e. The molecule has 2 amide bonds. The number of nitrogens with one attached hydrogen (secondary N) is 1. The smallest absolute Gasteiger partial charge is 0.248 e. The van der Waals surface area contributed by atoms with E-state index in [4.69, 9.17) is 10.5 Å². The lowest BCUT2D eigenvalue weighted by Crippen LogP contribution is -2.15. The summed E-state index contributed by atoms with van der Waals surface area (Å²) in [6.45, 7) is 2.03. The summed E-state index contributed by atoms with van der Waals surface area (Å²) in [5, 5.41) is 12.2. The monoisotopic (exact) mass is 473 g/mol. The highest BCUT2D eigenvalue weighted by atomic mass is 32.2. The molecule has 0 fully saturated rings. The minimum absolute atomic E-state index is 0.125. The fourth-order valence-corrected chi connectivity index (χ4v) is 4.01. The van der Waals surface area contributed by atoms with E-state index in [0.29, 0.717) is 22.2 Å². The van der Waals surface area contributed by atoms with E-state index in [2.05, 4.69) is 15.5 Å². The molecule has 8 nitrogen and oxygen atoms in total. The molecule has 34 heavy (non-hydrogen) atoms. The number of aromatic nitrogens is 3. The summed E-state index contributed by atoms with van der Waals surface area (Å²) >= 11 is 1.28. The van der Waals surface area contributed by atoms with Crippen molar-refractivity contribution < 1.29 is 14.3 Å². The Labute approximate surface area is 201 Å². The molecule has 0 saturated carbocycles. The van der Waals surface area contributed by atoms with Crippen molar-refractivity contribution in [1.29, 1.82) is 0 Å². The van der Waals surface area contributed by atoms with Crippen LogP contribution in [0.1, 0.15) is 15.9 Å². The molecule has 0 aliphatic carbocycles. The molecule has 4 aromatic rings. The highest BCUT2D eigenvalue weighted by Gasteiger charge is 2.17. The standard InChI is InChI=1S/C25H23N5O3S/c1-16-3-5-18(6-4-16)24-28-29-25(30(24)20-11-13-21(33-2)14-12-20)34-15-22(31)27-19-9-7-17(8-10-19)23(26)32/h3-14H,15H2,1-2H3,(H2,26,32)(H,27,31). The number of primary amides is 1. The fourth-order valence-electron chi connectivity index (χ4n) is 3.26. The number of benzene rings is 3. The second-order valence-electron chi connectivity index (χ2n) is 7.48. The SMILES string of the molecule is COc1ccc(-n2c(SCC(=O)Nc3ccc(C(N)=O)cc3)nnc2-c2ccc(C)cc2)cc1. The van der Waals surface area contributed by atoms with Crippen molar-refractivity contribution in [3.05, 3.63) is 83.9 Å². The van der Waals surface area contributed by atoms with Gasteiger partial charge >= 0.3 is 0 Å². The zero-order chi connectivity index (χ0) is 24.1. The molecule has 0 aliphatic rings. The Hall–Kier alpha value is -4.11. The first-order valence-electron chi connectivity index (χ1n) is 10.4. The van der Waals surface area contributed by atoms with Gasteiger partial charge in [-0.1, -0.05) is 41.6 Å². The highest BCUT2D eigenvalue weighted by molar-refractivity contribution is 7.99. The maximum absolute atomic E-state index is 12.6. The Morgan fingerprint density at radius 2 is 1.65 bits per heavy atom. The third-order valence-electron chi connectivity index (χ3n) is 5.06. The topological polar surface area (TPSA) is 112 Å². The van der Waals surface area contributed by atoms with Crippen molar-refractivity contribution in [2.75, 3.05) is 18.2 Å². The molecule has 0 aliphatic heterocycles. The first kappa shape index (κ1) is 23.1. The molecule has 0 atom stereocenters. The van der Waals surface area contributed by atoms with Crippen molar-refractivity contribution in [2.45, 2.75) is 12.1 Å². The Kier molecular flexibility index (Phi) is 6.93. The summed E-state index contributed by atoms with van der Waals surface area (Å²) in [6, 6.07) is 22.0. The molecule has 172 valence electrons. The number of hydrogen-bond acceptors (Lipinski definition) is 6. The van der Waals surface area contributed by atoms with Crippen LogP contribution in [-0.4, -0.2) is 39.4 Å². The predicted octanol–water partition coefficient (Wildman–Crippen LogP) is 4.08. The van der Waals surface area contributed by atoms with E-state index in [1.165, 1.54) is 11.8 Å². The molecule has 3 aromatic carbocycles. The van der Waals surface area contributed by atoms with Gasteiger partial charge in [-0.2, -0.15) is 0 Å².